The van der Waals surface area contributed by atoms with E-state index < -0.39 is 0 Å². The fourth-order valence-electron chi connectivity index (χ4n) is 4.63. The Morgan fingerprint density at radius 2 is 1.64 bits per heavy atom. The molecule has 0 radical (unpaired) electrons. The van der Waals surface area contributed by atoms with Crippen molar-refractivity contribution >= 4 is 0 Å². The van der Waals surface area contributed by atoms with Gasteiger partial charge in [-0.3, -0.25) is 0 Å². The van der Waals surface area contributed by atoms with Crippen molar-refractivity contribution < 1.29 is 0 Å². The van der Waals surface area contributed by atoms with Gasteiger partial charge < -0.3 is 0 Å². The summed E-state index contributed by atoms with van der Waals surface area (Å²) in [4.78, 5) is 0. The van der Waals surface area contributed by atoms with Crippen molar-refractivity contribution in [3.63, 3.8) is 0 Å². The van der Waals surface area contributed by atoms with E-state index in [0.717, 1.165) is 35.5 Å². The number of rotatable bonds is 2. The van der Waals surface area contributed by atoms with Crippen molar-refractivity contribution in [1.29, 1.82) is 0 Å². The van der Waals surface area contributed by atoms with Gasteiger partial charge in [-0.1, -0.05) is 40.5 Å². The average Bonchev–Trinajstić information content (AvgIpc) is 2.63. The van der Waals surface area contributed by atoms with Gasteiger partial charge in [0.15, 0.2) is 0 Å². The Morgan fingerprint density at radius 3 is 2.21 bits per heavy atom. The van der Waals surface area contributed by atoms with E-state index in [9.17, 15) is 0 Å². The van der Waals surface area contributed by atoms with Crippen LogP contribution in [0.1, 0.15) is 53.4 Å². The highest BCUT2D eigenvalue weighted by Crippen LogP contribution is 2.56. The van der Waals surface area contributed by atoms with Crippen LogP contribution in [0.5, 0.6) is 0 Å². The van der Waals surface area contributed by atoms with Gasteiger partial charge in [-0.15, -0.1) is 0 Å². The molecule has 0 nitrogen and oxygen atoms in total. The van der Waals surface area contributed by atoms with Crippen LogP contribution < -0.4 is 0 Å². The first-order chi connectivity index (χ1) is 6.69. The summed E-state index contributed by atoms with van der Waals surface area (Å²) in [5.74, 6) is 6.31. The summed E-state index contributed by atoms with van der Waals surface area (Å²) in [6, 6.07) is 0. The van der Waals surface area contributed by atoms with E-state index >= 15 is 0 Å². The Labute approximate surface area is 89.5 Å². The third kappa shape index (κ3) is 1.42. The molecule has 0 aromatic rings. The SMILES string of the molecule is CCC1CC2C(CC)C(C)CC2C1C. The van der Waals surface area contributed by atoms with Gasteiger partial charge in [0.05, 0.1) is 0 Å². The molecular formula is C14H26. The highest BCUT2D eigenvalue weighted by molar-refractivity contribution is 4.98. The smallest absolute Gasteiger partial charge is 0.0349 e. The van der Waals surface area contributed by atoms with Crippen LogP contribution >= 0.6 is 0 Å². The van der Waals surface area contributed by atoms with E-state index in [1.807, 2.05) is 0 Å². The van der Waals surface area contributed by atoms with Gasteiger partial charge in [0.1, 0.15) is 0 Å². The lowest BCUT2D eigenvalue weighted by atomic mass is 9.85. The second-order valence-corrected chi connectivity index (χ2v) is 5.88. The summed E-state index contributed by atoms with van der Waals surface area (Å²) in [5, 5.41) is 0. The van der Waals surface area contributed by atoms with E-state index in [1.165, 1.54) is 19.3 Å². The molecule has 2 saturated carbocycles. The molecule has 6 unspecified atom stereocenters. The Kier molecular flexibility index (Phi) is 2.91. The summed E-state index contributed by atoms with van der Waals surface area (Å²) in [7, 11) is 0. The van der Waals surface area contributed by atoms with Crippen LogP contribution in [0.2, 0.25) is 0 Å². The molecule has 0 aliphatic heterocycles. The van der Waals surface area contributed by atoms with Crippen LogP contribution in [0, 0.1) is 35.5 Å². The molecule has 6 atom stereocenters. The predicted molar refractivity (Wildman–Crippen MR) is 62.1 cm³/mol. The standard InChI is InChI=1S/C14H26/c1-5-11-8-14-12(6-2)9(3)7-13(14)10(11)4/h9-14H,5-8H2,1-4H3. The van der Waals surface area contributed by atoms with Gasteiger partial charge in [-0.25, -0.2) is 0 Å². The van der Waals surface area contributed by atoms with Gasteiger partial charge in [-0.2, -0.15) is 0 Å². The minimum atomic E-state index is 1.01. The molecule has 0 bridgehead atoms. The van der Waals surface area contributed by atoms with Gasteiger partial charge in [0, 0.05) is 0 Å². The third-order valence-electron chi connectivity index (χ3n) is 5.46. The molecule has 2 rings (SSSR count). The fraction of sp³-hybridized carbons (Fsp3) is 1.00. The molecule has 0 aromatic heterocycles. The van der Waals surface area contributed by atoms with E-state index in [-0.39, 0.29) is 0 Å². The summed E-state index contributed by atoms with van der Waals surface area (Å²) in [6.45, 7) is 9.78. The molecular weight excluding hydrogens is 168 g/mol. The number of fused-ring (bicyclic) bond motifs is 1. The van der Waals surface area contributed by atoms with E-state index in [4.69, 9.17) is 0 Å². The molecule has 0 heteroatoms. The molecule has 0 spiro atoms. The molecule has 0 aromatic carbocycles. The van der Waals surface area contributed by atoms with E-state index in [1.54, 1.807) is 6.42 Å². The van der Waals surface area contributed by atoms with Gasteiger partial charge in [-0.05, 0) is 48.3 Å². The van der Waals surface area contributed by atoms with Crippen LogP contribution in [-0.2, 0) is 0 Å². The summed E-state index contributed by atoms with van der Waals surface area (Å²) in [5.41, 5.74) is 0. The maximum absolute atomic E-state index is 2.52. The monoisotopic (exact) mass is 194 g/mol. The third-order valence-corrected chi connectivity index (χ3v) is 5.46. The highest BCUT2D eigenvalue weighted by atomic mass is 14.5. The Morgan fingerprint density at radius 1 is 0.929 bits per heavy atom. The zero-order valence-electron chi connectivity index (χ0n) is 10.3. The number of hydrogen-bond donors (Lipinski definition) is 0. The fourth-order valence-corrected chi connectivity index (χ4v) is 4.63. The summed E-state index contributed by atoms with van der Waals surface area (Å²) >= 11 is 0. The van der Waals surface area contributed by atoms with E-state index in [2.05, 4.69) is 27.7 Å². The molecule has 0 heterocycles. The van der Waals surface area contributed by atoms with Crippen molar-refractivity contribution in [2.24, 2.45) is 35.5 Å². The molecule has 14 heavy (non-hydrogen) atoms. The molecule has 2 aliphatic carbocycles. The maximum atomic E-state index is 2.52. The quantitative estimate of drug-likeness (QED) is 0.613. The molecule has 82 valence electrons. The molecule has 0 amide bonds. The van der Waals surface area contributed by atoms with Gasteiger partial charge >= 0.3 is 0 Å². The average molecular weight is 194 g/mol. The van der Waals surface area contributed by atoms with Crippen molar-refractivity contribution in [2.45, 2.75) is 53.4 Å². The summed E-state index contributed by atoms with van der Waals surface area (Å²) < 4.78 is 0. The lowest BCUT2D eigenvalue weighted by molar-refractivity contribution is 0.291. The van der Waals surface area contributed by atoms with Gasteiger partial charge in [0.25, 0.3) is 0 Å². The van der Waals surface area contributed by atoms with Crippen molar-refractivity contribution in [3.05, 3.63) is 0 Å². The highest BCUT2D eigenvalue weighted by Gasteiger charge is 2.48. The Hall–Kier alpha value is 0. The zero-order valence-corrected chi connectivity index (χ0v) is 10.3. The topological polar surface area (TPSA) is 0 Å². The normalized spacial score (nSPS) is 52.3. The van der Waals surface area contributed by atoms with Crippen LogP contribution in [0.25, 0.3) is 0 Å². The lowest BCUT2D eigenvalue weighted by Crippen LogP contribution is -2.12. The lowest BCUT2D eigenvalue weighted by Gasteiger charge is -2.21. The minimum absolute atomic E-state index is 1.01. The van der Waals surface area contributed by atoms with E-state index in [0.29, 0.717) is 0 Å². The Balaban J connectivity index is 2.10. The van der Waals surface area contributed by atoms with Gasteiger partial charge in [0.2, 0.25) is 0 Å². The van der Waals surface area contributed by atoms with Crippen LogP contribution in [0.15, 0.2) is 0 Å². The maximum Gasteiger partial charge on any atom is -0.0349 e. The second kappa shape index (κ2) is 3.87. The van der Waals surface area contributed by atoms with Crippen LogP contribution in [0.3, 0.4) is 0 Å². The first-order valence-corrected chi connectivity index (χ1v) is 6.69. The molecule has 0 N–H and O–H groups in total. The minimum Gasteiger partial charge on any atom is -0.0651 e. The predicted octanol–water partition coefficient (Wildman–Crippen LogP) is 4.35. The second-order valence-electron chi connectivity index (χ2n) is 5.88. The van der Waals surface area contributed by atoms with Crippen molar-refractivity contribution in [2.75, 3.05) is 0 Å². The first-order valence-electron chi connectivity index (χ1n) is 6.69. The Bertz CT molecular complexity index is 196. The van der Waals surface area contributed by atoms with Crippen molar-refractivity contribution in [3.8, 4) is 0 Å². The van der Waals surface area contributed by atoms with Crippen LogP contribution in [0.4, 0.5) is 0 Å². The first kappa shape index (κ1) is 10.5. The number of hydrogen-bond acceptors (Lipinski definition) is 0. The summed E-state index contributed by atoms with van der Waals surface area (Å²) in [6.07, 6.45) is 5.91. The van der Waals surface area contributed by atoms with Crippen LogP contribution in [-0.4, -0.2) is 0 Å². The molecule has 0 saturated heterocycles. The zero-order chi connectivity index (χ0) is 10.3. The van der Waals surface area contributed by atoms with Crippen molar-refractivity contribution in [1.82, 2.24) is 0 Å². The molecule has 2 aliphatic rings. The molecule has 2 fully saturated rings. The largest absolute Gasteiger partial charge is 0.0651 e.